The number of non-ortho nitro benzene ring substituents is 1. The number of sulfonamides is 1. The van der Waals surface area contributed by atoms with Crippen molar-refractivity contribution in [3.63, 3.8) is 0 Å². The van der Waals surface area contributed by atoms with Crippen molar-refractivity contribution in [2.24, 2.45) is 0 Å². The minimum Gasteiger partial charge on any atom is -0.391 e. The molecular weight excluding hydrogens is 362 g/mol. The molecule has 10 heteroatoms. The molecule has 0 radical (unpaired) electrons. The van der Waals surface area contributed by atoms with Gasteiger partial charge in [0.15, 0.2) is 0 Å². The maximum absolute atomic E-state index is 12.6. The number of benzene rings is 1. The number of aliphatic hydroxyl groups excluding tert-OH is 1. The topological polar surface area (TPSA) is 121 Å². The van der Waals surface area contributed by atoms with Gasteiger partial charge in [-0.05, 0) is 18.9 Å². The number of carbonyl (C=O) groups is 1. The summed E-state index contributed by atoms with van der Waals surface area (Å²) in [4.78, 5) is 24.3. The van der Waals surface area contributed by atoms with Crippen molar-refractivity contribution < 1.29 is 23.2 Å². The predicted octanol–water partition coefficient (Wildman–Crippen LogP) is 1.12. The number of nitro benzene ring substituents is 1. The lowest BCUT2D eigenvalue weighted by atomic mass is 9.91. The molecule has 1 fully saturated rings. The molecule has 26 heavy (non-hydrogen) atoms. The largest absolute Gasteiger partial charge is 0.391 e. The molecule has 0 aromatic heterocycles. The second kappa shape index (κ2) is 8.00. The Hall–Kier alpha value is -2.20. The number of aliphatic hydroxyl groups is 1. The zero-order valence-electron chi connectivity index (χ0n) is 14.7. The van der Waals surface area contributed by atoms with E-state index in [4.69, 9.17) is 0 Å². The molecule has 1 saturated carbocycles. The quantitative estimate of drug-likeness (QED) is 0.579. The van der Waals surface area contributed by atoms with Gasteiger partial charge in [0, 0.05) is 19.2 Å². The number of nitro groups is 1. The summed E-state index contributed by atoms with van der Waals surface area (Å²) in [5.74, 6) is -0.479. The van der Waals surface area contributed by atoms with E-state index < -0.39 is 33.5 Å². The van der Waals surface area contributed by atoms with Gasteiger partial charge in [0.2, 0.25) is 15.9 Å². The lowest BCUT2D eigenvalue weighted by molar-refractivity contribution is -0.384. The van der Waals surface area contributed by atoms with Crippen molar-refractivity contribution in [3.8, 4) is 0 Å². The normalized spacial score (nSPS) is 20.4. The van der Waals surface area contributed by atoms with Gasteiger partial charge in [-0.25, -0.2) is 8.42 Å². The minimum absolute atomic E-state index is 0.0487. The van der Waals surface area contributed by atoms with Gasteiger partial charge in [-0.2, -0.15) is 0 Å². The molecule has 9 nitrogen and oxygen atoms in total. The zero-order chi connectivity index (χ0) is 19.5. The van der Waals surface area contributed by atoms with Crippen molar-refractivity contribution in [1.29, 1.82) is 0 Å². The molecule has 1 aromatic carbocycles. The molecule has 1 amide bonds. The molecule has 1 aromatic rings. The number of hydrogen-bond donors (Lipinski definition) is 1. The average molecular weight is 385 g/mol. The third-order valence-corrected chi connectivity index (χ3v) is 5.73. The Kier molecular flexibility index (Phi) is 6.19. The predicted molar refractivity (Wildman–Crippen MR) is 96.3 cm³/mol. The van der Waals surface area contributed by atoms with Crippen LogP contribution in [0.2, 0.25) is 0 Å². The van der Waals surface area contributed by atoms with E-state index in [0.717, 1.165) is 29.5 Å². The lowest BCUT2D eigenvalue weighted by Gasteiger charge is -2.36. The molecule has 0 spiro atoms. The van der Waals surface area contributed by atoms with Crippen molar-refractivity contribution in [2.75, 3.05) is 24.2 Å². The van der Waals surface area contributed by atoms with Crippen molar-refractivity contribution in [1.82, 2.24) is 4.90 Å². The van der Waals surface area contributed by atoms with E-state index in [0.29, 0.717) is 12.8 Å². The molecule has 2 atom stereocenters. The van der Waals surface area contributed by atoms with Gasteiger partial charge in [0.25, 0.3) is 5.69 Å². The summed E-state index contributed by atoms with van der Waals surface area (Å²) in [6.45, 7) is -0.486. The fraction of sp³-hybridized carbons (Fsp3) is 0.562. The van der Waals surface area contributed by atoms with Crippen LogP contribution in [0.4, 0.5) is 11.4 Å². The summed E-state index contributed by atoms with van der Waals surface area (Å²) in [7, 11) is -2.30. The standard InChI is InChI=1S/C16H23N3O6S/c1-17(14-8-3-4-9-15(14)20)16(21)11-18(26(2,24)25)12-6-5-7-13(10-12)19(22)23/h5-7,10,14-15,20H,3-4,8-9,11H2,1-2H3. The molecule has 144 valence electrons. The van der Waals surface area contributed by atoms with Crippen LogP contribution in [0.1, 0.15) is 25.7 Å². The molecule has 2 unspecified atom stereocenters. The Labute approximate surface area is 152 Å². The van der Waals surface area contributed by atoms with Crippen LogP contribution in [-0.4, -0.2) is 61.2 Å². The van der Waals surface area contributed by atoms with Crippen LogP contribution in [-0.2, 0) is 14.8 Å². The van der Waals surface area contributed by atoms with Crippen LogP contribution < -0.4 is 4.31 Å². The fourth-order valence-electron chi connectivity index (χ4n) is 3.12. The molecule has 0 aliphatic heterocycles. The Morgan fingerprint density at radius 2 is 2.00 bits per heavy atom. The van der Waals surface area contributed by atoms with E-state index in [-0.39, 0.29) is 17.4 Å². The smallest absolute Gasteiger partial charge is 0.271 e. The number of rotatable bonds is 6. The van der Waals surface area contributed by atoms with Crippen LogP contribution in [0.3, 0.4) is 0 Å². The number of carbonyl (C=O) groups excluding carboxylic acids is 1. The van der Waals surface area contributed by atoms with E-state index in [1.54, 1.807) is 0 Å². The number of hydrogen-bond acceptors (Lipinski definition) is 6. The highest BCUT2D eigenvalue weighted by molar-refractivity contribution is 7.92. The molecule has 1 aliphatic rings. The van der Waals surface area contributed by atoms with Crippen LogP contribution >= 0.6 is 0 Å². The Morgan fingerprint density at radius 3 is 2.58 bits per heavy atom. The van der Waals surface area contributed by atoms with Gasteiger partial charge in [0.05, 0.1) is 29.0 Å². The van der Waals surface area contributed by atoms with Crippen LogP contribution in [0, 0.1) is 10.1 Å². The molecular formula is C16H23N3O6S. The molecule has 0 bridgehead atoms. The first-order valence-corrected chi connectivity index (χ1v) is 10.1. The first-order valence-electron chi connectivity index (χ1n) is 8.27. The fourth-order valence-corrected chi connectivity index (χ4v) is 3.97. The van der Waals surface area contributed by atoms with Crippen LogP contribution in [0.15, 0.2) is 24.3 Å². The van der Waals surface area contributed by atoms with E-state index in [9.17, 15) is 28.4 Å². The highest BCUT2D eigenvalue weighted by Crippen LogP contribution is 2.25. The van der Waals surface area contributed by atoms with Crippen LogP contribution in [0.25, 0.3) is 0 Å². The third kappa shape index (κ3) is 4.70. The van der Waals surface area contributed by atoms with Gasteiger partial charge in [-0.15, -0.1) is 0 Å². The molecule has 1 N–H and O–H groups in total. The van der Waals surface area contributed by atoms with Gasteiger partial charge in [-0.1, -0.05) is 18.9 Å². The van der Waals surface area contributed by atoms with Crippen molar-refractivity contribution in [2.45, 2.75) is 37.8 Å². The van der Waals surface area contributed by atoms with E-state index in [1.165, 1.54) is 30.1 Å². The Balaban J connectivity index is 2.24. The van der Waals surface area contributed by atoms with Crippen LogP contribution in [0.5, 0.6) is 0 Å². The Morgan fingerprint density at radius 1 is 1.35 bits per heavy atom. The van der Waals surface area contributed by atoms with Gasteiger partial charge < -0.3 is 10.0 Å². The highest BCUT2D eigenvalue weighted by Gasteiger charge is 2.31. The van der Waals surface area contributed by atoms with Gasteiger partial charge in [0.1, 0.15) is 6.54 Å². The summed E-state index contributed by atoms with van der Waals surface area (Å²) < 4.78 is 25.1. The molecule has 0 saturated heterocycles. The van der Waals surface area contributed by atoms with Gasteiger partial charge >= 0.3 is 0 Å². The zero-order valence-corrected chi connectivity index (χ0v) is 15.6. The number of nitrogens with zero attached hydrogens (tertiary/aromatic N) is 3. The van der Waals surface area contributed by atoms with Crippen molar-refractivity contribution in [3.05, 3.63) is 34.4 Å². The maximum Gasteiger partial charge on any atom is 0.271 e. The number of amides is 1. The number of likely N-dealkylation sites (N-methyl/N-ethyl adjacent to an activating group) is 1. The summed E-state index contributed by atoms with van der Waals surface area (Å²) in [5.41, 5.74) is -0.215. The molecule has 2 rings (SSSR count). The molecule has 0 heterocycles. The summed E-state index contributed by atoms with van der Waals surface area (Å²) in [6, 6.07) is 4.77. The third-order valence-electron chi connectivity index (χ3n) is 4.59. The second-order valence-corrected chi connectivity index (χ2v) is 8.38. The summed E-state index contributed by atoms with van der Waals surface area (Å²) in [5, 5.41) is 21.0. The van der Waals surface area contributed by atoms with Gasteiger partial charge in [-0.3, -0.25) is 19.2 Å². The van der Waals surface area contributed by atoms with E-state index in [1.807, 2.05) is 0 Å². The maximum atomic E-state index is 12.6. The highest BCUT2D eigenvalue weighted by atomic mass is 32.2. The van der Waals surface area contributed by atoms with E-state index in [2.05, 4.69) is 0 Å². The monoisotopic (exact) mass is 385 g/mol. The SMILES string of the molecule is CN(C(=O)CN(c1cccc([N+](=O)[O-])c1)S(C)(=O)=O)C1CCCCC1O. The first-order chi connectivity index (χ1) is 12.1. The average Bonchev–Trinajstić information content (AvgIpc) is 2.58. The molecule has 1 aliphatic carbocycles. The van der Waals surface area contributed by atoms with Crippen molar-refractivity contribution >= 4 is 27.3 Å². The Bertz CT molecular complexity index is 782. The number of anilines is 1. The summed E-state index contributed by atoms with van der Waals surface area (Å²) in [6.07, 6.45) is 3.33. The van der Waals surface area contributed by atoms with E-state index >= 15 is 0 Å². The summed E-state index contributed by atoms with van der Waals surface area (Å²) >= 11 is 0. The first kappa shape index (κ1) is 20.1. The minimum atomic E-state index is -3.83. The second-order valence-electron chi connectivity index (χ2n) is 6.47. The lowest BCUT2D eigenvalue weighted by Crippen LogP contribution is -2.50.